The molecular formula is C13H17NO3. The van der Waals surface area contributed by atoms with E-state index in [9.17, 15) is 4.79 Å². The fourth-order valence-corrected chi connectivity index (χ4v) is 2.00. The van der Waals surface area contributed by atoms with E-state index in [4.69, 9.17) is 9.47 Å². The van der Waals surface area contributed by atoms with E-state index >= 15 is 0 Å². The van der Waals surface area contributed by atoms with E-state index in [0.717, 1.165) is 17.0 Å². The fraction of sp³-hybridized carbons (Fsp3) is 0.462. The summed E-state index contributed by atoms with van der Waals surface area (Å²) in [5.41, 5.74) is 3.15. The third-order valence-corrected chi connectivity index (χ3v) is 2.71. The number of esters is 1. The van der Waals surface area contributed by atoms with Gasteiger partial charge in [-0.3, -0.25) is 0 Å². The van der Waals surface area contributed by atoms with Gasteiger partial charge in [-0.15, -0.1) is 0 Å². The van der Waals surface area contributed by atoms with Gasteiger partial charge < -0.3 is 14.8 Å². The third kappa shape index (κ3) is 2.35. The molecule has 0 bridgehead atoms. The predicted octanol–water partition coefficient (Wildman–Crippen LogP) is 2.04. The SMILES string of the molecule is CCOC(=O)[C@H]1CNc2cc(C)cc(C)c2O1. The number of benzene rings is 1. The van der Waals surface area contributed by atoms with Crippen LogP contribution in [-0.4, -0.2) is 25.2 Å². The molecule has 17 heavy (non-hydrogen) atoms. The largest absolute Gasteiger partial charge is 0.474 e. The molecule has 1 aromatic carbocycles. The Morgan fingerprint density at radius 2 is 2.29 bits per heavy atom. The van der Waals surface area contributed by atoms with Crippen LogP contribution in [0, 0.1) is 13.8 Å². The Kier molecular flexibility index (Phi) is 3.22. The van der Waals surface area contributed by atoms with Gasteiger partial charge in [-0.2, -0.15) is 0 Å². The summed E-state index contributed by atoms with van der Waals surface area (Å²) in [5.74, 6) is 0.436. The minimum Gasteiger partial charge on any atom is -0.474 e. The molecule has 0 aromatic heterocycles. The number of aryl methyl sites for hydroxylation is 2. The lowest BCUT2D eigenvalue weighted by atomic mass is 10.1. The molecule has 92 valence electrons. The molecule has 2 rings (SSSR count). The Balaban J connectivity index is 2.21. The first-order valence-corrected chi connectivity index (χ1v) is 5.80. The summed E-state index contributed by atoms with van der Waals surface area (Å²) in [6.45, 7) is 6.62. The van der Waals surface area contributed by atoms with E-state index < -0.39 is 6.10 Å². The number of fused-ring (bicyclic) bond motifs is 1. The van der Waals surface area contributed by atoms with Crippen LogP contribution in [0.5, 0.6) is 5.75 Å². The van der Waals surface area contributed by atoms with Crippen LogP contribution in [0.15, 0.2) is 12.1 Å². The zero-order chi connectivity index (χ0) is 12.4. The second kappa shape index (κ2) is 4.65. The Labute approximate surface area is 101 Å². The highest BCUT2D eigenvalue weighted by molar-refractivity contribution is 5.78. The van der Waals surface area contributed by atoms with Gasteiger partial charge in [0, 0.05) is 0 Å². The van der Waals surface area contributed by atoms with E-state index in [1.807, 2.05) is 26.0 Å². The topological polar surface area (TPSA) is 47.6 Å². The summed E-state index contributed by atoms with van der Waals surface area (Å²) in [5, 5.41) is 3.21. The molecule has 1 aliphatic rings. The molecule has 1 aliphatic heterocycles. The zero-order valence-corrected chi connectivity index (χ0v) is 10.4. The molecule has 0 spiro atoms. The van der Waals surface area contributed by atoms with Crippen LogP contribution >= 0.6 is 0 Å². The fourth-order valence-electron chi connectivity index (χ4n) is 2.00. The number of carbonyl (C=O) groups is 1. The molecule has 0 radical (unpaired) electrons. The van der Waals surface area contributed by atoms with Crippen molar-refractivity contribution in [1.82, 2.24) is 0 Å². The molecule has 1 heterocycles. The average Bonchev–Trinajstić information content (AvgIpc) is 2.28. The molecule has 0 saturated carbocycles. The van der Waals surface area contributed by atoms with Gasteiger partial charge in [0.05, 0.1) is 18.8 Å². The van der Waals surface area contributed by atoms with E-state index in [1.165, 1.54) is 5.56 Å². The molecule has 1 aromatic rings. The average molecular weight is 235 g/mol. The number of anilines is 1. The minimum atomic E-state index is -0.552. The van der Waals surface area contributed by atoms with Gasteiger partial charge in [0.25, 0.3) is 0 Å². The molecule has 1 N–H and O–H groups in total. The summed E-state index contributed by atoms with van der Waals surface area (Å²) in [7, 11) is 0. The summed E-state index contributed by atoms with van der Waals surface area (Å²) in [6, 6.07) is 4.05. The molecule has 0 fully saturated rings. The summed E-state index contributed by atoms with van der Waals surface area (Å²) in [6.07, 6.45) is -0.552. The van der Waals surface area contributed by atoms with Crippen molar-refractivity contribution in [3.8, 4) is 5.75 Å². The van der Waals surface area contributed by atoms with Crippen molar-refractivity contribution in [1.29, 1.82) is 0 Å². The Morgan fingerprint density at radius 1 is 1.53 bits per heavy atom. The van der Waals surface area contributed by atoms with Crippen molar-refractivity contribution in [3.05, 3.63) is 23.3 Å². The summed E-state index contributed by atoms with van der Waals surface area (Å²) >= 11 is 0. The number of hydrogen-bond acceptors (Lipinski definition) is 4. The van der Waals surface area contributed by atoms with Crippen molar-refractivity contribution < 1.29 is 14.3 Å². The number of ether oxygens (including phenoxy) is 2. The van der Waals surface area contributed by atoms with Crippen molar-refractivity contribution in [3.63, 3.8) is 0 Å². The minimum absolute atomic E-state index is 0.314. The van der Waals surface area contributed by atoms with E-state index in [1.54, 1.807) is 6.92 Å². The van der Waals surface area contributed by atoms with Crippen molar-refractivity contribution in [2.75, 3.05) is 18.5 Å². The van der Waals surface area contributed by atoms with Gasteiger partial charge in [-0.25, -0.2) is 4.79 Å². The Morgan fingerprint density at radius 3 is 3.00 bits per heavy atom. The van der Waals surface area contributed by atoms with E-state index in [2.05, 4.69) is 5.32 Å². The molecule has 0 aliphatic carbocycles. The quantitative estimate of drug-likeness (QED) is 0.797. The second-order valence-corrected chi connectivity index (χ2v) is 4.20. The molecule has 0 unspecified atom stereocenters. The van der Waals surface area contributed by atoms with Crippen molar-refractivity contribution >= 4 is 11.7 Å². The van der Waals surface area contributed by atoms with Crippen molar-refractivity contribution in [2.45, 2.75) is 26.9 Å². The Bertz CT molecular complexity index is 443. The monoisotopic (exact) mass is 235 g/mol. The maximum absolute atomic E-state index is 11.6. The maximum atomic E-state index is 11.6. The lowest BCUT2D eigenvalue weighted by molar-refractivity contribution is -0.150. The highest BCUT2D eigenvalue weighted by Crippen LogP contribution is 2.33. The number of carbonyl (C=O) groups excluding carboxylic acids is 1. The van der Waals surface area contributed by atoms with Gasteiger partial charge in [0.1, 0.15) is 5.75 Å². The standard InChI is InChI=1S/C13H17NO3/c1-4-16-13(15)11-7-14-10-6-8(2)5-9(3)12(10)17-11/h5-6,11,14H,4,7H2,1-3H3/t11-/m1/s1. The van der Waals surface area contributed by atoms with Crippen LogP contribution in [0.3, 0.4) is 0 Å². The molecule has 0 amide bonds. The smallest absolute Gasteiger partial charge is 0.349 e. The van der Waals surface area contributed by atoms with E-state index in [-0.39, 0.29) is 5.97 Å². The van der Waals surface area contributed by atoms with Gasteiger partial charge in [0.15, 0.2) is 0 Å². The third-order valence-electron chi connectivity index (χ3n) is 2.71. The van der Waals surface area contributed by atoms with Crippen LogP contribution in [0.25, 0.3) is 0 Å². The normalized spacial score (nSPS) is 17.7. The van der Waals surface area contributed by atoms with Gasteiger partial charge >= 0.3 is 5.97 Å². The summed E-state index contributed by atoms with van der Waals surface area (Å²) in [4.78, 5) is 11.6. The molecule has 4 nitrogen and oxygen atoms in total. The maximum Gasteiger partial charge on any atom is 0.349 e. The number of nitrogens with one attached hydrogen (secondary N) is 1. The van der Waals surface area contributed by atoms with Crippen LogP contribution in [0.4, 0.5) is 5.69 Å². The second-order valence-electron chi connectivity index (χ2n) is 4.20. The van der Waals surface area contributed by atoms with Crippen LogP contribution in [0.1, 0.15) is 18.1 Å². The van der Waals surface area contributed by atoms with Gasteiger partial charge in [-0.05, 0) is 38.0 Å². The first-order valence-electron chi connectivity index (χ1n) is 5.80. The zero-order valence-electron chi connectivity index (χ0n) is 10.4. The highest BCUT2D eigenvalue weighted by atomic mass is 16.6. The lowest BCUT2D eigenvalue weighted by Gasteiger charge is -2.27. The van der Waals surface area contributed by atoms with Crippen LogP contribution < -0.4 is 10.1 Å². The first-order chi connectivity index (χ1) is 8.11. The molecular weight excluding hydrogens is 218 g/mol. The predicted molar refractivity (Wildman–Crippen MR) is 65.5 cm³/mol. The number of hydrogen-bond donors (Lipinski definition) is 1. The van der Waals surface area contributed by atoms with Crippen LogP contribution in [-0.2, 0) is 9.53 Å². The molecule has 4 heteroatoms. The highest BCUT2D eigenvalue weighted by Gasteiger charge is 2.27. The van der Waals surface area contributed by atoms with Gasteiger partial charge in [0.2, 0.25) is 6.10 Å². The van der Waals surface area contributed by atoms with Gasteiger partial charge in [-0.1, -0.05) is 6.07 Å². The summed E-state index contributed by atoms with van der Waals surface area (Å²) < 4.78 is 10.7. The number of rotatable bonds is 2. The lowest BCUT2D eigenvalue weighted by Crippen LogP contribution is -2.39. The molecule has 0 saturated heterocycles. The first kappa shape index (κ1) is 11.8. The van der Waals surface area contributed by atoms with Crippen LogP contribution in [0.2, 0.25) is 0 Å². The molecule has 1 atom stereocenters. The Hall–Kier alpha value is -1.71. The van der Waals surface area contributed by atoms with E-state index in [0.29, 0.717) is 13.2 Å². The van der Waals surface area contributed by atoms with Crippen molar-refractivity contribution in [2.24, 2.45) is 0 Å².